The van der Waals surface area contributed by atoms with E-state index in [0.717, 1.165) is 44.9 Å². The van der Waals surface area contributed by atoms with Crippen molar-refractivity contribution in [2.75, 3.05) is 6.61 Å². The second kappa shape index (κ2) is 14.2. The molecule has 0 saturated heterocycles. The van der Waals surface area contributed by atoms with Gasteiger partial charge in [-0.1, -0.05) is 78.0 Å². The quantitative estimate of drug-likeness (QED) is 0.207. The maximum Gasteiger partial charge on any atom is 0.387 e. The lowest BCUT2D eigenvalue weighted by molar-refractivity contribution is -0.256. The van der Waals surface area contributed by atoms with E-state index in [-0.39, 0.29) is 5.92 Å². The molecule has 0 aromatic heterocycles. The van der Waals surface area contributed by atoms with Gasteiger partial charge >= 0.3 is 11.9 Å². The van der Waals surface area contributed by atoms with E-state index in [2.05, 4.69) is 27.7 Å². The Balaban J connectivity index is 2.84. The summed E-state index contributed by atoms with van der Waals surface area (Å²) in [7, 11) is 0. The van der Waals surface area contributed by atoms with Crippen LogP contribution < -0.4 is 0 Å². The fourth-order valence-electron chi connectivity index (χ4n) is 3.37. The molecule has 0 spiro atoms. The normalized spacial score (nSPS) is 13.1. The maximum absolute atomic E-state index is 13.0. The lowest BCUT2D eigenvalue weighted by Crippen LogP contribution is -2.45. The molecule has 164 valence electrons. The lowest BCUT2D eigenvalue weighted by atomic mass is 9.87. The molecule has 1 unspecified atom stereocenters. The number of rotatable bonds is 14. The van der Waals surface area contributed by atoms with Gasteiger partial charge in [-0.2, -0.15) is 0 Å². The monoisotopic (exact) mass is 406 g/mol. The second-order valence-corrected chi connectivity index (χ2v) is 8.07. The van der Waals surface area contributed by atoms with Gasteiger partial charge in [-0.15, -0.1) is 0 Å². The van der Waals surface area contributed by atoms with Gasteiger partial charge in [0, 0.05) is 6.61 Å². The van der Waals surface area contributed by atoms with Gasteiger partial charge in [0.25, 0.3) is 0 Å². The minimum atomic E-state index is -1.08. The highest BCUT2D eigenvalue weighted by Crippen LogP contribution is 2.30. The van der Waals surface area contributed by atoms with Crippen LogP contribution in [0.1, 0.15) is 95.8 Å². The first-order valence-corrected chi connectivity index (χ1v) is 11.1. The van der Waals surface area contributed by atoms with Crippen LogP contribution in [0.4, 0.5) is 0 Å². The van der Waals surface area contributed by atoms with Crippen molar-refractivity contribution >= 4 is 11.9 Å². The molecule has 1 aromatic carbocycles. The Morgan fingerprint density at radius 2 is 1.55 bits per heavy atom. The molecule has 1 atom stereocenters. The summed E-state index contributed by atoms with van der Waals surface area (Å²) in [5, 5.41) is 0. The van der Waals surface area contributed by atoms with E-state index in [9.17, 15) is 9.59 Å². The summed E-state index contributed by atoms with van der Waals surface area (Å²) in [6, 6.07) is 8.49. The zero-order valence-corrected chi connectivity index (χ0v) is 18.6. The molecule has 0 aliphatic carbocycles. The van der Waals surface area contributed by atoms with Crippen molar-refractivity contribution in [1.29, 1.82) is 0 Å². The van der Waals surface area contributed by atoms with E-state index in [1.807, 2.05) is 0 Å². The van der Waals surface area contributed by atoms with E-state index in [1.54, 1.807) is 30.3 Å². The van der Waals surface area contributed by atoms with Crippen molar-refractivity contribution in [2.45, 2.75) is 91.1 Å². The Morgan fingerprint density at radius 3 is 2.17 bits per heavy atom. The first-order chi connectivity index (χ1) is 13.9. The van der Waals surface area contributed by atoms with Gasteiger partial charge in [0.2, 0.25) is 0 Å². The highest BCUT2D eigenvalue weighted by Gasteiger charge is 2.43. The molecular formula is C24H38O5. The van der Waals surface area contributed by atoms with Crippen LogP contribution in [-0.2, 0) is 19.3 Å². The Bertz CT molecular complexity index is 570. The summed E-state index contributed by atoms with van der Waals surface area (Å²) >= 11 is 0. The van der Waals surface area contributed by atoms with E-state index < -0.39 is 17.5 Å². The molecular weight excluding hydrogens is 368 g/mol. The molecule has 5 nitrogen and oxygen atoms in total. The largest absolute Gasteiger partial charge is 0.387 e. The average molecular weight is 407 g/mol. The predicted molar refractivity (Wildman–Crippen MR) is 114 cm³/mol. The lowest BCUT2D eigenvalue weighted by Gasteiger charge is -2.32. The number of unbranched alkanes of at least 4 members (excludes halogenated alkanes) is 5. The van der Waals surface area contributed by atoms with E-state index in [1.165, 1.54) is 0 Å². The molecule has 0 fully saturated rings. The molecule has 0 N–H and O–H groups in total. The van der Waals surface area contributed by atoms with Gasteiger partial charge in [0.05, 0.1) is 5.56 Å². The number of benzene rings is 1. The summed E-state index contributed by atoms with van der Waals surface area (Å²) in [5.74, 6) is -1.05. The van der Waals surface area contributed by atoms with Gasteiger partial charge in [0.1, 0.15) is 0 Å². The highest BCUT2D eigenvalue weighted by atomic mass is 17.2. The number of carbonyl (C=O) groups excluding carboxylic acids is 2. The smallest absolute Gasteiger partial charge is 0.363 e. The van der Waals surface area contributed by atoms with Crippen molar-refractivity contribution in [3.63, 3.8) is 0 Å². The third-order valence-electron chi connectivity index (χ3n) is 4.87. The van der Waals surface area contributed by atoms with E-state index in [4.69, 9.17) is 14.5 Å². The van der Waals surface area contributed by atoms with E-state index in [0.29, 0.717) is 25.0 Å². The minimum Gasteiger partial charge on any atom is -0.363 e. The number of hydrogen-bond donors (Lipinski definition) is 0. The first-order valence-electron chi connectivity index (χ1n) is 11.1. The third kappa shape index (κ3) is 9.44. The van der Waals surface area contributed by atoms with Gasteiger partial charge < -0.3 is 4.74 Å². The van der Waals surface area contributed by atoms with Crippen molar-refractivity contribution in [3.8, 4) is 0 Å². The summed E-state index contributed by atoms with van der Waals surface area (Å²) in [6.07, 6.45) is 8.26. The van der Waals surface area contributed by atoms with Crippen molar-refractivity contribution < 1.29 is 24.1 Å². The molecule has 0 radical (unpaired) electrons. The van der Waals surface area contributed by atoms with Crippen LogP contribution in [0, 0.1) is 5.92 Å². The Hall–Kier alpha value is -1.88. The van der Waals surface area contributed by atoms with Gasteiger partial charge in [-0.3, -0.25) is 0 Å². The summed E-state index contributed by atoms with van der Waals surface area (Å²) in [5.41, 5.74) is -0.742. The summed E-state index contributed by atoms with van der Waals surface area (Å²) < 4.78 is 6.16. The van der Waals surface area contributed by atoms with Crippen LogP contribution in [0.2, 0.25) is 0 Å². The molecule has 5 heteroatoms. The third-order valence-corrected chi connectivity index (χ3v) is 4.87. The minimum absolute atomic E-state index is 0.240. The Kier molecular flexibility index (Phi) is 12.3. The number of ether oxygens (including phenoxy) is 1. The molecule has 0 bridgehead atoms. The summed E-state index contributed by atoms with van der Waals surface area (Å²) in [4.78, 5) is 35.1. The van der Waals surface area contributed by atoms with E-state index >= 15 is 0 Å². The van der Waals surface area contributed by atoms with Crippen molar-refractivity contribution in [1.82, 2.24) is 0 Å². The molecule has 1 aromatic rings. The second-order valence-electron chi connectivity index (χ2n) is 8.07. The molecule has 1 rings (SSSR count). The average Bonchev–Trinajstić information content (AvgIpc) is 2.72. The van der Waals surface area contributed by atoms with Crippen LogP contribution in [-0.4, -0.2) is 24.1 Å². The summed E-state index contributed by atoms with van der Waals surface area (Å²) in [6.45, 7) is 8.89. The zero-order chi connectivity index (χ0) is 21.5. The Labute approximate surface area is 176 Å². The first kappa shape index (κ1) is 25.2. The fourth-order valence-corrected chi connectivity index (χ4v) is 3.37. The van der Waals surface area contributed by atoms with Gasteiger partial charge in [-0.05, 0) is 43.7 Å². The van der Waals surface area contributed by atoms with Crippen LogP contribution in [0.15, 0.2) is 30.3 Å². The molecule has 29 heavy (non-hydrogen) atoms. The zero-order valence-electron chi connectivity index (χ0n) is 18.6. The molecule has 0 saturated carbocycles. The number of hydrogen-bond acceptors (Lipinski definition) is 5. The molecule has 0 aliphatic heterocycles. The highest BCUT2D eigenvalue weighted by molar-refractivity contribution is 5.89. The number of carbonyl (C=O) groups is 2. The van der Waals surface area contributed by atoms with Crippen LogP contribution in [0.3, 0.4) is 0 Å². The van der Waals surface area contributed by atoms with Gasteiger partial charge in [-0.25, -0.2) is 19.4 Å². The standard InChI is InChI=1S/C24H38O5/c1-5-7-9-13-17-24(19-20(3)4,27-18-14-8-6-2)23(26)29-28-22(25)21-15-11-10-12-16-21/h10-12,15-16,20H,5-9,13-14,17-19H2,1-4H3. The topological polar surface area (TPSA) is 61.8 Å². The van der Waals surface area contributed by atoms with Crippen molar-refractivity contribution in [2.24, 2.45) is 5.92 Å². The van der Waals surface area contributed by atoms with Gasteiger partial charge in [0.15, 0.2) is 5.60 Å². The SMILES string of the molecule is CCCCCCC(CC(C)C)(OCCCCC)C(=O)OOC(=O)c1ccccc1. The fraction of sp³-hybridized carbons (Fsp3) is 0.667. The molecule has 0 heterocycles. The maximum atomic E-state index is 13.0. The van der Waals surface area contributed by atoms with Crippen LogP contribution in [0.5, 0.6) is 0 Å². The Morgan fingerprint density at radius 1 is 0.897 bits per heavy atom. The van der Waals surface area contributed by atoms with Crippen LogP contribution in [0.25, 0.3) is 0 Å². The van der Waals surface area contributed by atoms with Crippen LogP contribution >= 0.6 is 0 Å². The molecule has 0 aliphatic rings. The predicted octanol–water partition coefficient (Wildman–Crippen LogP) is 6.26. The van der Waals surface area contributed by atoms with Crippen molar-refractivity contribution in [3.05, 3.63) is 35.9 Å². The molecule has 0 amide bonds.